The third kappa shape index (κ3) is 3.77. The fourth-order valence-corrected chi connectivity index (χ4v) is 3.33. The predicted octanol–water partition coefficient (Wildman–Crippen LogP) is 3.49. The zero-order chi connectivity index (χ0) is 15.6. The second kappa shape index (κ2) is 6.36. The summed E-state index contributed by atoms with van der Waals surface area (Å²) in [6, 6.07) is 6.56. The van der Waals surface area contributed by atoms with Gasteiger partial charge in [0.1, 0.15) is 0 Å². The Morgan fingerprint density at radius 2 is 1.90 bits per heavy atom. The van der Waals surface area contributed by atoms with Gasteiger partial charge in [-0.15, -0.1) is 0 Å². The molecule has 1 aromatic rings. The Labute approximate surface area is 124 Å². The maximum absolute atomic E-state index is 12.8. The molecule has 0 radical (unpaired) electrons. The van der Waals surface area contributed by atoms with Crippen molar-refractivity contribution < 1.29 is 13.2 Å². The van der Waals surface area contributed by atoms with Crippen molar-refractivity contribution in [1.82, 2.24) is 10.2 Å². The average molecular weight is 300 g/mol. The molecular formula is C16H23F3N2. The van der Waals surface area contributed by atoms with Gasteiger partial charge in [-0.3, -0.25) is 0 Å². The van der Waals surface area contributed by atoms with E-state index in [1.807, 2.05) is 27.2 Å². The predicted molar refractivity (Wildman–Crippen MR) is 78.4 cm³/mol. The highest BCUT2D eigenvalue weighted by Crippen LogP contribution is 2.37. The Bertz CT molecular complexity index is 471. The molecule has 0 bridgehead atoms. The molecule has 1 unspecified atom stereocenters. The Morgan fingerprint density at radius 1 is 1.19 bits per heavy atom. The monoisotopic (exact) mass is 300 g/mol. The van der Waals surface area contributed by atoms with Crippen molar-refractivity contribution in [3.8, 4) is 0 Å². The van der Waals surface area contributed by atoms with Crippen LogP contribution in [0.5, 0.6) is 0 Å². The summed E-state index contributed by atoms with van der Waals surface area (Å²) in [4.78, 5) is 2.17. The summed E-state index contributed by atoms with van der Waals surface area (Å²) in [6.45, 7) is 0. The second-order valence-corrected chi connectivity index (χ2v) is 6.06. The molecule has 1 aromatic carbocycles. The van der Waals surface area contributed by atoms with Gasteiger partial charge in [-0.1, -0.05) is 18.2 Å². The van der Waals surface area contributed by atoms with Gasteiger partial charge in [-0.25, -0.2) is 0 Å². The molecule has 2 nitrogen and oxygen atoms in total. The molecule has 0 aliphatic heterocycles. The average Bonchev–Trinajstić information content (AvgIpc) is 2.45. The third-order valence-corrected chi connectivity index (χ3v) is 4.54. The summed E-state index contributed by atoms with van der Waals surface area (Å²) in [5.74, 6) is 0.198. The van der Waals surface area contributed by atoms with Crippen LogP contribution >= 0.6 is 0 Å². The number of hydrogen-bond acceptors (Lipinski definition) is 2. The molecule has 1 saturated carbocycles. The first-order chi connectivity index (χ1) is 9.82. The summed E-state index contributed by atoms with van der Waals surface area (Å²) < 4.78 is 38.5. The van der Waals surface area contributed by atoms with Crippen molar-refractivity contribution >= 4 is 0 Å². The van der Waals surface area contributed by atoms with Crippen LogP contribution in [0, 0.1) is 0 Å². The second-order valence-electron chi connectivity index (χ2n) is 6.06. The minimum Gasteiger partial charge on any atom is -0.315 e. The number of nitrogens with zero attached hydrogens (tertiary/aromatic N) is 1. The number of benzene rings is 1. The summed E-state index contributed by atoms with van der Waals surface area (Å²) >= 11 is 0. The lowest BCUT2D eigenvalue weighted by molar-refractivity contribution is -0.137. The highest BCUT2D eigenvalue weighted by molar-refractivity contribution is 5.29. The lowest BCUT2D eigenvalue weighted by Crippen LogP contribution is -2.49. The molecule has 0 amide bonds. The zero-order valence-corrected chi connectivity index (χ0v) is 12.7. The first-order valence-electron chi connectivity index (χ1n) is 7.33. The molecule has 0 aromatic heterocycles. The minimum atomic E-state index is -4.26. The van der Waals surface area contributed by atoms with E-state index in [0.29, 0.717) is 12.1 Å². The van der Waals surface area contributed by atoms with Gasteiger partial charge in [0.2, 0.25) is 0 Å². The van der Waals surface area contributed by atoms with Crippen LogP contribution in [0.25, 0.3) is 0 Å². The standard InChI is InChI=1S/C16H23F3N2/c1-20-14-8-7-12(10-15(14)21(2)3)11-5-4-6-13(9-11)16(17,18)19/h4-6,9,12,14-15,20H,7-8,10H2,1-3H3/t12-,14-,15?/m0/s1. The first-order valence-corrected chi connectivity index (χ1v) is 7.33. The number of likely N-dealkylation sites (N-methyl/N-ethyl adjacent to an activating group) is 2. The van der Waals surface area contributed by atoms with Crippen LogP contribution in [-0.2, 0) is 6.18 Å². The normalized spacial score (nSPS) is 27.1. The minimum absolute atomic E-state index is 0.198. The molecule has 3 atom stereocenters. The molecule has 118 valence electrons. The topological polar surface area (TPSA) is 15.3 Å². The lowest BCUT2D eigenvalue weighted by atomic mass is 9.78. The van der Waals surface area contributed by atoms with Crippen molar-refractivity contribution in [2.75, 3.05) is 21.1 Å². The van der Waals surface area contributed by atoms with Crippen LogP contribution in [0.3, 0.4) is 0 Å². The quantitative estimate of drug-likeness (QED) is 0.919. The van der Waals surface area contributed by atoms with Gasteiger partial charge in [0.15, 0.2) is 0 Å². The van der Waals surface area contributed by atoms with Gasteiger partial charge in [-0.05, 0) is 58.0 Å². The van der Waals surface area contributed by atoms with Crippen molar-refractivity contribution in [3.05, 3.63) is 35.4 Å². The summed E-state index contributed by atoms with van der Waals surface area (Å²) in [6.07, 6.45) is -1.46. The number of halogens is 3. The Morgan fingerprint density at radius 3 is 2.48 bits per heavy atom. The van der Waals surface area contributed by atoms with E-state index in [9.17, 15) is 13.2 Å². The fraction of sp³-hybridized carbons (Fsp3) is 0.625. The number of nitrogens with one attached hydrogen (secondary N) is 1. The fourth-order valence-electron chi connectivity index (χ4n) is 3.33. The molecule has 0 saturated heterocycles. The summed E-state index contributed by atoms with van der Waals surface area (Å²) in [5, 5.41) is 3.32. The van der Waals surface area contributed by atoms with E-state index in [2.05, 4.69) is 10.2 Å². The smallest absolute Gasteiger partial charge is 0.315 e. The molecule has 1 fully saturated rings. The number of rotatable bonds is 3. The van der Waals surface area contributed by atoms with E-state index in [1.54, 1.807) is 0 Å². The van der Waals surface area contributed by atoms with Crippen LogP contribution < -0.4 is 5.32 Å². The van der Waals surface area contributed by atoms with Gasteiger partial charge in [0, 0.05) is 12.1 Å². The largest absolute Gasteiger partial charge is 0.416 e. The summed E-state index contributed by atoms with van der Waals surface area (Å²) in [7, 11) is 6.01. The first kappa shape index (κ1) is 16.3. The van der Waals surface area contributed by atoms with Crippen molar-refractivity contribution in [3.63, 3.8) is 0 Å². The van der Waals surface area contributed by atoms with Gasteiger partial charge in [-0.2, -0.15) is 13.2 Å². The van der Waals surface area contributed by atoms with Crippen LogP contribution in [0.15, 0.2) is 24.3 Å². The molecule has 0 spiro atoms. The number of hydrogen-bond donors (Lipinski definition) is 1. The summed E-state index contributed by atoms with van der Waals surface area (Å²) in [5.41, 5.74) is 0.267. The van der Waals surface area contributed by atoms with Gasteiger partial charge in [0.05, 0.1) is 5.56 Å². The van der Waals surface area contributed by atoms with E-state index in [0.717, 1.165) is 30.9 Å². The maximum atomic E-state index is 12.8. The highest BCUT2D eigenvalue weighted by Gasteiger charge is 2.34. The Kier molecular flexibility index (Phi) is 4.94. The van der Waals surface area contributed by atoms with E-state index in [4.69, 9.17) is 0 Å². The highest BCUT2D eigenvalue weighted by atomic mass is 19.4. The van der Waals surface area contributed by atoms with Crippen molar-refractivity contribution in [2.24, 2.45) is 0 Å². The Hall–Kier alpha value is -1.07. The van der Waals surface area contributed by atoms with Crippen LogP contribution in [0.4, 0.5) is 13.2 Å². The molecule has 1 aliphatic rings. The van der Waals surface area contributed by atoms with E-state index in [1.165, 1.54) is 12.1 Å². The third-order valence-electron chi connectivity index (χ3n) is 4.54. The Balaban J connectivity index is 2.19. The number of alkyl halides is 3. The van der Waals surface area contributed by atoms with E-state index in [-0.39, 0.29) is 5.92 Å². The molecule has 2 rings (SSSR count). The van der Waals surface area contributed by atoms with Gasteiger partial charge < -0.3 is 10.2 Å². The molecule has 21 heavy (non-hydrogen) atoms. The van der Waals surface area contributed by atoms with Crippen LogP contribution in [0.2, 0.25) is 0 Å². The lowest BCUT2D eigenvalue weighted by Gasteiger charge is -2.40. The SMILES string of the molecule is CN[C@H]1CC[C@H](c2cccc(C(F)(F)F)c2)CC1N(C)C. The van der Waals surface area contributed by atoms with E-state index < -0.39 is 11.7 Å². The molecule has 1 aliphatic carbocycles. The van der Waals surface area contributed by atoms with Crippen molar-refractivity contribution in [2.45, 2.75) is 43.4 Å². The van der Waals surface area contributed by atoms with Crippen LogP contribution in [0.1, 0.15) is 36.3 Å². The van der Waals surface area contributed by atoms with Gasteiger partial charge >= 0.3 is 6.18 Å². The van der Waals surface area contributed by atoms with Crippen LogP contribution in [-0.4, -0.2) is 38.1 Å². The molecule has 0 heterocycles. The zero-order valence-electron chi connectivity index (χ0n) is 12.7. The van der Waals surface area contributed by atoms with E-state index >= 15 is 0 Å². The molecule has 5 heteroatoms. The van der Waals surface area contributed by atoms with Crippen molar-refractivity contribution in [1.29, 1.82) is 0 Å². The maximum Gasteiger partial charge on any atom is 0.416 e. The molecular weight excluding hydrogens is 277 g/mol. The van der Waals surface area contributed by atoms with Gasteiger partial charge in [0.25, 0.3) is 0 Å². The molecule has 1 N–H and O–H groups in total.